The lowest BCUT2D eigenvalue weighted by atomic mass is 9.94. The zero-order valence-electron chi connectivity index (χ0n) is 16.6. The summed E-state index contributed by atoms with van der Waals surface area (Å²) < 4.78 is 5.13. The van der Waals surface area contributed by atoms with E-state index in [0.29, 0.717) is 43.2 Å². The molecule has 1 aromatic rings. The number of nitrogens with zero attached hydrogens (tertiary/aromatic N) is 2. The second kappa shape index (κ2) is 8.65. The number of nitrogens with one attached hydrogen (secondary N) is 1. The van der Waals surface area contributed by atoms with E-state index in [1.165, 1.54) is 0 Å². The van der Waals surface area contributed by atoms with Crippen LogP contribution in [-0.4, -0.2) is 65.4 Å². The number of hydrogen-bond donors (Lipinski definition) is 1. The number of hydrogen-bond acceptors (Lipinski definition) is 5. The Morgan fingerprint density at radius 3 is 2.28 bits per heavy atom. The molecular weight excluding hydrogens is 390 g/mol. The van der Waals surface area contributed by atoms with Crippen molar-refractivity contribution in [3.05, 3.63) is 24.3 Å². The van der Waals surface area contributed by atoms with E-state index in [9.17, 15) is 14.4 Å². The lowest BCUT2D eigenvalue weighted by Crippen LogP contribution is -2.49. The van der Waals surface area contributed by atoms with Crippen molar-refractivity contribution in [2.24, 2.45) is 11.8 Å². The Labute approximate surface area is 175 Å². The number of methoxy groups -OCH3 is 1. The summed E-state index contributed by atoms with van der Waals surface area (Å²) in [5.41, 5.74) is 0.687. The Bertz CT molecular complexity index is 773. The Kier molecular flexibility index (Phi) is 5.99. The van der Waals surface area contributed by atoms with Gasteiger partial charge in [-0.1, -0.05) is 0 Å². The minimum atomic E-state index is -0.458. The summed E-state index contributed by atoms with van der Waals surface area (Å²) in [6, 6.07) is 6.70. The van der Waals surface area contributed by atoms with Crippen LogP contribution in [0.5, 0.6) is 5.75 Å². The second-order valence-corrected chi connectivity index (χ2v) is 8.92. The summed E-state index contributed by atoms with van der Waals surface area (Å²) in [6.07, 6.45) is 3.39. The van der Waals surface area contributed by atoms with Crippen LogP contribution in [0.15, 0.2) is 24.3 Å². The van der Waals surface area contributed by atoms with Gasteiger partial charge in [-0.15, -0.1) is 11.8 Å². The van der Waals surface area contributed by atoms with Crippen LogP contribution in [0.3, 0.4) is 0 Å². The summed E-state index contributed by atoms with van der Waals surface area (Å²) in [5, 5.41) is 2.91. The quantitative estimate of drug-likeness (QED) is 0.795. The maximum Gasteiger partial charge on any atom is 0.248 e. The Hall–Kier alpha value is -2.22. The number of ether oxygens (including phenoxy) is 1. The number of rotatable bonds is 5. The predicted octanol–water partition coefficient (Wildman–Crippen LogP) is 2.18. The molecule has 29 heavy (non-hydrogen) atoms. The number of carbonyl (C=O) groups excluding carboxylic acids is 3. The van der Waals surface area contributed by atoms with Gasteiger partial charge < -0.3 is 19.9 Å². The normalized spacial score (nSPS) is 22.4. The molecule has 156 valence electrons. The fourth-order valence-electron chi connectivity index (χ4n) is 3.95. The fraction of sp³-hybridized carbons (Fsp3) is 0.571. The lowest BCUT2D eigenvalue weighted by molar-refractivity contribution is -0.143. The molecule has 4 rings (SSSR count). The first-order chi connectivity index (χ1) is 14.1. The van der Waals surface area contributed by atoms with Crippen molar-refractivity contribution in [3.63, 3.8) is 0 Å². The minimum absolute atomic E-state index is 0.0448. The molecule has 3 aliphatic rings. The van der Waals surface area contributed by atoms with E-state index in [0.717, 1.165) is 18.6 Å². The first-order valence-electron chi connectivity index (χ1n) is 10.2. The molecular formula is C21H27N3O4S. The number of carbonyl (C=O) groups is 3. The monoisotopic (exact) mass is 417 g/mol. The number of anilines is 1. The summed E-state index contributed by atoms with van der Waals surface area (Å²) in [7, 11) is 1.60. The van der Waals surface area contributed by atoms with Gasteiger partial charge in [-0.25, -0.2) is 0 Å². The number of benzene rings is 1. The third-order valence-electron chi connectivity index (χ3n) is 5.91. The fourth-order valence-corrected chi connectivity index (χ4v) is 5.11. The molecule has 1 atom stereocenters. The summed E-state index contributed by atoms with van der Waals surface area (Å²) in [5.74, 6) is 2.13. The standard InChI is InChI=1S/C21H27N3O4S/c1-28-17-6-4-16(5-7-17)22-19(25)18-12-29-13-24(18)21(27)15-8-10-23(11-9-15)20(26)14-2-3-14/h4-7,14-15,18H,2-3,8-13H2,1H3,(H,22,25). The maximum absolute atomic E-state index is 13.1. The lowest BCUT2D eigenvalue weighted by Gasteiger charge is -2.34. The molecule has 1 unspecified atom stereocenters. The highest BCUT2D eigenvalue weighted by Gasteiger charge is 2.40. The van der Waals surface area contributed by atoms with Crippen molar-refractivity contribution in [2.75, 3.05) is 37.1 Å². The van der Waals surface area contributed by atoms with E-state index in [1.807, 2.05) is 4.90 Å². The Balaban J connectivity index is 1.33. The molecule has 2 heterocycles. The van der Waals surface area contributed by atoms with E-state index in [2.05, 4.69) is 5.32 Å². The molecule has 1 N–H and O–H groups in total. The van der Waals surface area contributed by atoms with Gasteiger partial charge >= 0.3 is 0 Å². The summed E-state index contributed by atoms with van der Waals surface area (Å²) in [6.45, 7) is 1.30. The van der Waals surface area contributed by atoms with E-state index >= 15 is 0 Å². The van der Waals surface area contributed by atoms with E-state index in [1.54, 1.807) is 48.0 Å². The van der Waals surface area contributed by atoms with E-state index in [-0.39, 0.29) is 29.6 Å². The SMILES string of the molecule is COc1ccc(NC(=O)C2CSCN2C(=O)C2CCN(C(=O)C3CC3)CC2)cc1. The van der Waals surface area contributed by atoms with Gasteiger partial charge in [-0.3, -0.25) is 14.4 Å². The molecule has 3 amide bonds. The van der Waals surface area contributed by atoms with Crippen LogP contribution in [-0.2, 0) is 14.4 Å². The van der Waals surface area contributed by atoms with Gasteiger partial charge in [-0.05, 0) is 49.9 Å². The van der Waals surface area contributed by atoms with Crippen molar-refractivity contribution < 1.29 is 19.1 Å². The second-order valence-electron chi connectivity index (χ2n) is 7.92. The Morgan fingerprint density at radius 2 is 1.66 bits per heavy atom. The zero-order valence-corrected chi connectivity index (χ0v) is 17.5. The van der Waals surface area contributed by atoms with Crippen LogP contribution >= 0.6 is 11.8 Å². The molecule has 2 aliphatic heterocycles. The van der Waals surface area contributed by atoms with Gasteiger partial charge in [0.15, 0.2) is 0 Å². The smallest absolute Gasteiger partial charge is 0.248 e. The van der Waals surface area contributed by atoms with E-state index in [4.69, 9.17) is 4.74 Å². The zero-order chi connectivity index (χ0) is 20.4. The van der Waals surface area contributed by atoms with E-state index < -0.39 is 6.04 Å². The molecule has 8 heteroatoms. The van der Waals surface area contributed by atoms with Gasteiger partial charge in [0, 0.05) is 36.4 Å². The predicted molar refractivity (Wildman–Crippen MR) is 112 cm³/mol. The third kappa shape index (κ3) is 4.52. The number of thioether (sulfide) groups is 1. The first-order valence-corrected chi connectivity index (χ1v) is 11.3. The molecule has 1 aliphatic carbocycles. The number of likely N-dealkylation sites (tertiary alicyclic amines) is 1. The molecule has 7 nitrogen and oxygen atoms in total. The van der Waals surface area contributed by atoms with Gasteiger partial charge in [0.2, 0.25) is 17.7 Å². The molecule has 0 radical (unpaired) electrons. The van der Waals surface area contributed by atoms with Crippen LogP contribution in [0.2, 0.25) is 0 Å². The minimum Gasteiger partial charge on any atom is -0.497 e. The van der Waals surface area contributed by atoms with Crippen LogP contribution in [0.1, 0.15) is 25.7 Å². The van der Waals surface area contributed by atoms with Crippen LogP contribution in [0, 0.1) is 11.8 Å². The molecule has 3 fully saturated rings. The highest BCUT2D eigenvalue weighted by atomic mass is 32.2. The first kappa shape index (κ1) is 20.1. The number of amides is 3. The van der Waals surface area contributed by atoms with Crippen molar-refractivity contribution in [3.8, 4) is 5.75 Å². The molecule has 0 spiro atoms. The molecule has 2 saturated heterocycles. The molecule has 1 saturated carbocycles. The van der Waals surface area contributed by atoms with Gasteiger partial charge in [0.1, 0.15) is 11.8 Å². The molecule has 1 aromatic carbocycles. The summed E-state index contributed by atoms with van der Waals surface area (Å²) in [4.78, 5) is 41.7. The van der Waals surface area contributed by atoms with Crippen LogP contribution < -0.4 is 10.1 Å². The average Bonchev–Trinajstić information content (AvgIpc) is 3.49. The largest absolute Gasteiger partial charge is 0.497 e. The van der Waals surface area contributed by atoms with Gasteiger partial charge in [-0.2, -0.15) is 0 Å². The van der Waals surface area contributed by atoms with Crippen molar-refractivity contribution in [1.82, 2.24) is 9.80 Å². The molecule has 0 bridgehead atoms. The Morgan fingerprint density at radius 1 is 1.00 bits per heavy atom. The topological polar surface area (TPSA) is 79.0 Å². The number of piperidine rings is 1. The van der Waals surface area contributed by atoms with Crippen molar-refractivity contribution in [1.29, 1.82) is 0 Å². The van der Waals surface area contributed by atoms with Gasteiger partial charge in [0.25, 0.3) is 0 Å². The van der Waals surface area contributed by atoms with Crippen molar-refractivity contribution >= 4 is 35.2 Å². The van der Waals surface area contributed by atoms with Crippen molar-refractivity contribution in [2.45, 2.75) is 31.7 Å². The van der Waals surface area contributed by atoms with Crippen LogP contribution in [0.25, 0.3) is 0 Å². The average molecular weight is 418 g/mol. The molecule has 0 aromatic heterocycles. The van der Waals surface area contributed by atoms with Crippen LogP contribution in [0.4, 0.5) is 5.69 Å². The maximum atomic E-state index is 13.1. The highest BCUT2D eigenvalue weighted by Crippen LogP contribution is 2.33. The third-order valence-corrected chi connectivity index (χ3v) is 6.92. The highest BCUT2D eigenvalue weighted by molar-refractivity contribution is 7.99. The van der Waals surface area contributed by atoms with Gasteiger partial charge in [0.05, 0.1) is 13.0 Å². The summed E-state index contributed by atoms with van der Waals surface area (Å²) >= 11 is 1.60.